The smallest absolute Gasteiger partial charge is 0.320 e. The number of nitrogens with one attached hydrogen (secondary N) is 1. The first-order chi connectivity index (χ1) is 12.6. The number of fused-ring (bicyclic) bond motifs is 2. The van der Waals surface area contributed by atoms with Crippen molar-refractivity contribution < 1.29 is 24.2 Å². The Hall–Kier alpha value is -2.28. The van der Waals surface area contributed by atoms with Crippen LogP contribution in [-0.4, -0.2) is 47.3 Å². The number of hydrogen-bond acceptors (Lipinski definition) is 5. The molecular formula is C19H24N2O5. The molecule has 1 aromatic carbocycles. The minimum atomic E-state index is -0.817. The van der Waals surface area contributed by atoms with Crippen LogP contribution in [0.2, 0.25) is 0 Å². The summed E-state index contributed by atoms with van der Waals surface area (Å²) < 4.78 is 10.6. The molecule has 140 valence electrons. The number of likely N-dealkylation sites (tertiary alicyclic amines) is 1. The molecule has 7 heteroatoms. The summed E-state index contributed by atoms with van der Waals surface area (Å²) in [6.07, 6.45) is 5.00. The van der Waals surface area contributed by atoms with Gasteiger partial charge in [0.2, 0.25) is 12.7 Å². The SMILES string of the molecule is O=C(CN1C(C(=O)O)CC2CCCCC21)NCc1ccc2c(c1)OCO2. The van der Waals surface area contributed by atoms with Crippen LogP contribution in [0.5, 0.6) is 11.5 Å². The Morgan fingerprint density at radius 1 is 1.19 bits per heavy atom. The lowest BCUT2D eigenvalue weighted by Crippen LogP contribution is -2.47. The van der Waals surface area contributed by atoms with Gasteiger partial charge in [-0.25, -0.2) is 0 Å². The van der Waals surface area contributed by atoms with Gasteiger partial charge in [-0.1, -0.05) is 18.9 Å². The van der Waals surface area contributed by atoms with Crippen molar-refractivity contribution in [1.82, 2.24) is 10.2 Å². The highest BCUT2D eigenvalue weighted by Crippen LogP contribution is 2.39. The average Bonchev–Trinajstić information content (AvgIpc) is 3.24. The first-order valence-electron chi connectivity index (χ1n) is 9.25. The van der Waals surface area contributed by atoms with Crippen molar-refractivity contribution in [3.63, 3.8) is 0 Å². The molecule has 0 aromatic heterocycles. The molecule has 1 aromatic rings. The van der Waals surface area contributed by atoms with Crippen LogP contribution >= 0.6 is 0 Å². The van der Waals surface area contributed by atoms with Gasteiger partial charge in [0, 0.05) is 12.6 Å². The lowest BCUT2D eigenvalue weighted by Gasteiger charge is -2.32. The predicted octanol–water partition coefficient (Wildman–Crippen LogP) is 1.75. The zero-order valence-corrected chi connectivity index (χ0v) is 14.6. The van der Waals surface area contributed by atoms with Crippen LogP contribution in [0.3, 0.4) is 0 Å². The number of carboxylic acid groups (broad SMARTS) is 1. The molecule has 4 rings (SSSR count). The van der Waals surface area contributed by atoms with Gasteiger partial charge in [-0.3, -0.25) is 14.5 Å². The van der Waals surface area contributed by atoms with Crippen molar-refractivity contribution in [2.24, 2.45) is 5.92 Å². The van der Waals surface area contributed by atoms with Crippen molar-refractivity contribution in [3.8, 4) is 11.5 Å². The van der Waals surface area contributed by atoms with E-state index in [1.165, 1.54) is 0 Å². The molecule has 2 N–H and O–H groups in total. The third kappa shape index (κ3) is 3.35. The number of ether oxygens (including phenoxy) is 2. The van der Waals surface area contributed by atoms with Gasteiger partial charge < -0.3 is 19.9 Å². The third-order valence-electron chi connectivity index (χ3n) is 5.76. The highest BCUT2D eigenvalue weighted by molar-refractivity contribution is 5.80. The second kappa shape index (κ2) is 7.15. The summed E-state index contributed by atoms with van der Waals surface area (Å²) in [5.74, 6) is 0.853. The van der Waals surface area contributed by atoms with E-state index < -0.39 is 12.0 Å². The molecule has 1 amide bonds. The summed E-state index contributed by atoms with van der Waals surface area (Å²) in [6, 6.07) is 5.26. The number of nitrogens with zero attached hydrogens (tertiary/aromatic N) is 1. The van der Waals surface area contributed by atoms with Crippen molar-refractivity contribution in [2.45, 2.75) is 50.7 Å². The molecule has 1 aliphatic carbocycles. The maximum atomic E-state index is 12.4. The molecular weight excluding hydrogens is 336 g/mol. The van der Waals surface area contributed by atoms with E-state index in [0.717, 1.165) is 31.2 Å². The third-order valence-corrected chi connectivity index (χ3v) is 5.76. The number of carboxylic acids is 1. The molecule has 0 radical (unpaired) electrons. The second-order valence-corrected chi connectivity index (χ2v) is 7.34. The van der Waals surface area contributed by atoms with Gasteiger partial charge in [0.1, 0.15) is 6.04 Å². The molecule has 1 saturated carbocycles. The second-order valence-electron chi connectivity index (χ2n) is 7.34. The van der Waals surface area contributed by atoms with E-state index in [-0.39, 0.29) is 25.3 Å². The van der Waals surface area contributed by atoms with Gasteiger partial charge in [0.25, 0.3) is 0 Å². The van der Waals surface area contributed by atoms with E-state index in [9.17, 15) is 14.7 Å². The molecule has 2 aliphatic heterocycles. The van der Waals surface area contributed by atoms with Gasteiger partial charge >= 0.3 is 5.97 Å². The molecule has 3 aliphatic rings. The normalized spacial score (nSPS) is 27.2. The number of amides is 1. The molecule has 2 fully saturated rings. The van der Waals surface area contributed by atoms with Gasteiger partial charge in [0.05, 0.1) is 6.54 Å². The standard InChI is InChI=1S/C19H24N2O5/c22-18(20-9-12-5-6-16-17(7-12)26-11-25-16)10-21-14-4-2-1-3-13(14)8-15(21)19(23)24/h5-7,13-15H,1-4,8-11H2,(H,20,22)(H,23,24). The van der Waals surface area contributed by atoms with Crippen LogP contribution in [0.4, 0.5) is 0 Å². The van der Waals surface area contributed by atoms with Crippen LogP contribution in [-0.2, 0) is 16.1 Å². The van der Waals surface area contributed by atoms with E-state index in [0.29, 0.717) is 30.4 Å². The lowest BCUT2D eigenvalue weighted by molar-refractivity contribution is -0.143. The molecule has 0 bridgehead atoms. The predicted molar refractivity (Wildman–Crippen MR) is 92.9 cm³/mol. The van der Waals surface area contributed by atoms with Crippen molar-refractivity contribution >= 4 is 11.9 Å². The summed E-state index contributed by atoms with van der Waals surface area (Å²) in [7, 11) is 0. The van der Waals surface area contributed by atoms with Gasteiger partial charge in [-0.05, 0) is 42.9 Å². The molecule has 3 atom stereocenters. The minimum absolute atomic E-state index is 0.139. The van der Waals surface area contributed by atoms with Crippen LogP contribution < -0.4 is 14.8 Å². The maximum absolute atomic E-state index is 12.4. The highest BCUT2D eigenvalue weighted by Gasteiger charge is 2.45. The Bertz CT molecular complexity index is 707. The van der Waals surface area contributed by atoms with Crippen LogP contribution in [0.25, 0.3) is 0 Å². The van der Waals surface area contributed by atoms with Crippen LogP contribution in [0, 0.1) is 5.92 Å². The monoisotopic (exact) mass is 360 g/mol. The van der Waals surface area contributed by atoms with Gasteiger partial charge in [-0.15, -0.1) is 0 Å². The summed E-state index contributed by atoms with van der Waals surface area (Å²) in [5.41, 5.74) is 0.925. The Labute approximate surface area is 152 Å². The fourth-order valence-corrected chi connectivity index (χ4v) is 4.50. The molecule has 0 spiro atoms. The van der Waals surface area contributed by atoms with Crippen LogP contribution in [0.15, 0.2) is 18.2 Å². The van der Waals surface area contributed by atoms with Crippen molar-refractivity contribution in [2.75, 3.05) is 13.3 Å². The lowest BCUT2D eigenvalue weighted by atomic mass is 9.85. The Kier molecular flexibility index (Phi) is 4.72. The Balaban J connectivity index is 1.36. The van der Waals surface area contributed by atoms with E-state index in [1.807, 2.05) is 23.1 Å². The number of rotatable bonds is 5. The summed E-state index contributed by atoms with van der Waals surface area (Å²) in [6.45, 7) is 0.747. The Morgan fingerprint density at radius 3 is 2.85 bits per heavy atom. The zero-order chi connectivity index (χ0) is 18.1. The maximum Gasteiger partial charge on any atom is 0.320 e. The number of hydrogen-bond donors (Lipinski definition) is 2. The molecule has 3 unspecified atom stereocenters. The van der Waals surface area contributed by atoms with E-state index in [1.54, 1.807) is 0 Å². The number of benzene rings is 1. The van der Waals surface area contributed by atoms with Gasteiger partial charge in [0.15, 0.2) is 11.5 Å². The Morgan fingerprint density at radius 2 is 2.00 bits per heavy atom. The molecule has 2 heterocycles. The fraction of sp³-hybridized carbons (Fsp3) is 0.579. The molecule has 26 heavy (non-hydrogen) atoms. The van der Waals surface area contributed by atoms with Crippen molar-refractivity contribution in [3.05, 3.63) is 23.8 Å². The quantitative estimate of drug-likeness (QED) is 0.832. The number of aliphatic carboxylic acids is 1. The largest absolute Gasteiger partial charge is 0.480 e. The topological polar surface area (TPSA) is 88.1 Å². The minimum Gasteiger partial charge on any atom is -0.480 e. The fourth-order valence-electron chi connectivity index (χ4n) is 4.50. The first kappa shape index (κ1) is 17.1. The summed E-state index contributed by atoms with van der Waals surface area (Å²) in [4.78, 5) is 26.0. The first-order valence-corrected chi connectivity index (χ1v) is 9.25. The number of carbonyl (C=O) groups is 2. The molecule has 1 saturated heterocycles. The highest BCUT2D eigenvalue weighted by atomic mass is 16.7. The van der Waals surface area contributed by atoms with Gasteiger partial charge in [-0.2, -0.15) is 0 Å². The summed E-state index contributed by atoms with van der Waals surface area (Å²) in [5, 5.41) is 12.4. The number of carbonyl (C=O) groups excluding carboxylic acids is 1. The van der Waals surface area contributed by atoms with E-state index in [2.05, 4.69) is 5.32 Å². The summed E-state index contributed by atoms with van der Waals surface area (Å²) >= 11 is 0. The van der Waals surface area contributed by atoms with Crippen LogP contribution in [0.1, 0.15) is 37.7 Å². The van der Waals surface area contributed by atoms with E-state index >= 15 is 0 Å². The average molecular weight is 360 g/mol. The van der Waals surface area contributed by atoms with Crippen molar-refractivity contribution in [1.29, 1.82) is 0 Å². The molecule has 7 nitrogen and oxygen atoms in total. The van der Waals surface area contributed by atoms with E-state index in [4.69, 9.17) is 9.47 Å². The zero-order valence-electron chi connectivity index (χ0n) is 14.6.